The molecule has 0 aromatic rings. The number of carbonyl (C=O) groups excluding carboxylic acids is 1. The van der Waals surface area contributed by atoms with Crippen molar-refractivity contribution in [3.8, 4) is 0 Å². The topological polar surface area (TPSA) is 61.4 Å². The van der Waals surface area contributed by atoms with E-state index in [1.165, 1.54) is 32.1 Å². The molecule has 1 saturated heterocycles. The molecule has 1 aliphatic heterocycles. The van der Waals surface area contributed by atoms with Crippen molar-refractivity contribution in [1.29, 1.82) is 0 Å². The highest BCUT2D eigenvalue weighted by Crippen LogP contribution is 2.32. The normalized spacial score (nSPS) is 41.8. The Bertz CT molecular complexity index is 347. The quantitative estimate of drug-likeness (QED) is 0.722. The van der Waals surface area contributed by atoms with Gasteiger partial charge in [0.1, 0.15) is 0 Å². The van der Waals surface area contributed by atoms with Gasteiger partial charge >= 0.3 is 0 Å². The molecule has 0 aromatic heterocycles. The van der Waals surface area contributed by atoms with Gasteiger partial charge in [-0.15, -0.1) is 0 Å². The highest BCUT2D eigenvalue weighted by atomic mass is 16.3. The lowest BCUT2D eigenvalue weighted by molar-refractivity contribution is -0.126. The van der Waals surface area contributed by atoms with Crippen LogP contribution in [-0.4, -0.2) is 35.2 Å². The molecule has 20 heavy (non-hydrogen) atoms. The minimum absolute atomic E-state index is 0.0258. The van der Waals surface area contributed by atoms with Crippen molar-refractivity contribution in [2.75, 3.05) is 0 Å². The van der Waals surface area contributed by atoms with Crippen LogP contribution >= 0.6 is 0 Å². The standard InChI is InChI=1S/C16H28N2O2/c19-15-8-4-3-7-13(15)18-16(20)14-10-9-11-5-1-2-6-12(11)17-14/h11-15,17,19H,1-10H2,(H,18,20)/t11?,12?,13-,14?,15-/m0/s1. The van der Waals surface area contributed by atoms with Crippen LogP contribution in [0.3, 0.4) is 0 Å². The van der Waals surface area contributed by atoms with Crippen LogP contribution in [-0.2, 0) is 4.79 Å². The maximum Gasteiger partial charge on any atom is 0.237 e. The molecule has 3 aliphatic rings. The molecule has 2 aliphatic carbocycles. The number of carbonyl (C=O) groups is 1. The van der Waals surface area contributed by atoms with Gasteiger partial charge in [-0.1, -0.05) is 25.7 Å². The van der Waals surface area contributed by atoms with Crippen molar-refractivity contribution in [3.63, 3.8) is 0 Å². The SMILES string of the molecule is O=C(N[C@H]1CCCC[C@@H]1O)C1CCC2CCCCC2N1. The molecule has 3 N–H and O–H groups in total. The lowest BCUT2D eigenvalue weighted by Gasteiger charge is -2.40. The number of amides is 1. The first-order chi connectivity index (χ1) is 9.74. The molecule has 0 bridgehead atoms. The van der Waals surface area contributed by atoms with E-state index in [4.69, 9.17) is 0 Å². The van der Waals surface area contributed by atoms with Crippen molar-refractivity contribution in [2.24, 2.45) is 5.92 Å². The van der Waals surface area contributed by atoms with Crippen LogP contribution in [0.15, 0.2) is 0 Å². The Labute approximate surface area is 121 Å². The Morgan fingerprint density at radius 3 is 2.55 bits per heavy atom. The minimum Gasteiger partial charge on any atom is -0.391 e. The molecular formula is C16H28N2O2. The fourth-order valence-electron chi connectivity index (χ4n) is 4.26. The first-order valence-corrected chi connectivity index (χ1v) is 8.48. The summed E-state index contributed by atoms with van der Waals surface area (Å²) in [6, 6.07) is 0.482. The third-order valence-corrected chi connectivity index (χ3v) is 5.52. The largest absolute Gasteiger partial charge is 0.391 e. The fourth-order valence-corrected chi connectivity index (χ4v) is 4.26. The number of hydrogen-bond acceptors (Lipinski definition) is 3. The van der Waals surface area contributed by atoms with Gasteiger partial charge in [-0.25, -0.2) is 0 Å². The van der Waals surface area contributed by atoms with Gasteiger partial charge in [-0.2, -0.15) is 0 Å². The van der Waals surface area contributed by atoms with Gasteiger partial charge in [0.2, 0.25) is 5.91 Å². The Hall–Kier alpha value is -0.610. The Balaban J connectivity index is 1.52. The summed E-state index contributed by atoms with van der Waals surface area (Å²) in [7, 11) is 0. The summed E-state index contributed by atoms with van der Waals surface area (Å²) in [5.74, 6) is 0.896. The maximum atomic E-state index is 12.4. The second-order valence-electron chi connectivity index (χ2n) is 6.91. The van der Waals surface area contributed by atoms with E-state index >= 15 is 0 Å². The molecule has 1 amide bonds. The van der Waals surface area contributed by atoms with E-state index in [0.29, 0.717) is 6.04 Å². The first kappa shape index (κ1) is 14.3. The van der Waals surface area contributed by atoms with E-state index in [2.05, 4.69) is 10.6 Å². The molecule has 1 heterocycles. The van der Waals surface area contributed by atoms with Crippen LogP contribution in [0.25, 0.3) is 0 Å². The molecule has 0 spiro atoms. The van der Waals surface area contributed by atoms with Gasteiger partial charge in [-0.3, -0.25) is 4.79 Å². The molecule has 3 rings (SSSR count). The zero-order valence-corrected chi connectivity index (χ0v) is 12.3. The second-order valence-corrected chi connectivity index (χ2v) is 6.91. The van der Waals surface area contributed by atoms with Crippen molar-refractivity contribution in [1.82, 2.24) is 10.6 Å². The number of piperidine rings is 1. The average Bonchev–Trinajstić information content (AvgIpc) is 2.49. The second kappa shape index (κ2) is 6.44. The van der Waals surface area contributed by atoms with Gasteiger partial charge in [-0.05, 0) is 44.4 Å². The Morgan fingerprint density at radius 1 is 0.950 bits per heavy atom. The van der Waals surface area contributed by atoms with Gasteiger partial charge in [0.25, 0.3) is 0 Å². The third kappa shape index (κ3) is 3.17. The molecule has 3 fully saturated rings. The summed E-state index contributed by atoms with van der Waals surface area (Å²) in [5.41, 5.74) is 0. The molecule has 0 aromatic carbocycles. The van der Waals surface area contributed by atoms with E-state index in [1.807, 2.05) is 0 Å². The average molecular weight is 280 g/mol. The van der Waals surface area contributed by atoms with Crippen LogP contribution in [0.1, 0.15) is 64.2 Å². The highest BCUT2D eigenvalue weighted by molar-refractivity contribution is 5.82. The number of rotatable bonds is 2. The zero-order chi connectivity index (χ0) is 13.9. The predicted molar refractivity (Wildman–Crippen MR) is 78.3 cm³/mol. The number of hydrogen-bond donors (Lipinski definition) is 3. The van der Waals surface area contributed by atoms with Gasteiger partial charge < -0.3 is 15.7 Å². The number of aliphatic hydroxyl groups is 1. The van der Waals surface area contributed by atoms with E-state index in [0.717, 1.165) is 38.0 Å². The third-order valence-electron chi connectivity index (χ3n) is 5.52. The summed E-state index contributed by atoms with van der Waals surface area (Å²) in [6.45, 7) is 0. The Kier molecular flexibility index (Phi) is 4.61. The van der Waals surface area contributed by atoms with Crippen LogP contribution in [0.5, 0.6) is 0 Å². The van der Waals surface area contributed by atoms with E-state index in [9.17, 15) is 9.90 Å². The van der Waals surface area contributed by atoms with Gasteiger partial charge in [0.15, 0.2) is 0 Å². The predicted octanol–water partition coefficient (Wildman–Crippen LogP) is 1.72. The van der Waals surface area contributed by atoms with Gasteiger partial charge in [0, 0.05) is 6.04 Å². The van der Waals surface area contributed by atoms with Crippen LogP contribution < -0.4 is 10.6 Å². The molecule has 3 unspecified atom stereocenters. The van der Waals surface area contributed by atoms with Crippen molar-refractivity contribution in [3.05, 3.63) is 0 Å². The molecule has 4 heteroatoms. The lowest BCUT2D eigenvalue weighted by atomic mass is 9.77. The summed E-state index contributed by atoms with van der Waals surface area (Å²) in [5, 5.41) is 16.6. The van der Waals surface area contributed by atoms with Gasteiger partial charge in [0.05, 0.1) is 18.2 Å². The highest BCUT2D eigenvalue weighted by Gasteiger charge is 2.35. The fraction of sp³-hybridized carbons (Fsp3) is 0.938. The van der Waals surface area contributed by atoms with E-state index in [1.54, 1.807) is 0 Å². The molecule has 4 nitrogen and oxygen atoms in total. The minimum atomic E-state index is -0.348. The number of nitrogens with one attached hydrogen (secondary N) is 2. The van der Waals surface area contributed by atoms with E-state index < -0.39 is 0 Å². The molecule has 2 saturated carbocycles. The summed E-state index contributed by atoms with van der Waals surface area (Å²) < 4.78 is 0. The molecular weight excluding hydrogens is 252 g/mol. The van der Waals surface area contributed by atoms with Crippen LogP contribution in [0.4, 0.5) is 0 Å². The zero-order valence-electron chi connectivity index (χ0n) is 12.3. The summed E-state index contributed by atoms with van der Waals surface area (Å²) in [4.78, 5) is 12.4. The molecule has 0 radical (unpaired) electrons. The molecule has 5 atom stereocenters. The Morgan fingerprint density at radius 2 is 1.70 bits per heavy atom. The first-order valence-electron chi connectivity index (χ1n) is 8.48. The lowest BCUT2D eigenvalue weighted by Crippen LogP contribution is -2.57. The van der Waals surface area contributed by atoms with Crippen molar-refractivity contribution < 1.29 is 9.90 Å². The van der Waals surface area contributed by atoms with Crippen LogP contribution in [0, 0.1) is 5.92 Å². The van der Waals surface area contributed by atoms with Crippen molar-refractivity contribution in [2.45, 2.75) is 88.4 Å². The van der Waals surface area contributed by atoms with Crippen LogP contribution in [0.2, 0.25) is 0 Å². The monoisotopic (exact) mass is 280 g/mol. The summed E-state index contributed by atoms with van der Waals surface area (Å²) >= 11 is 0. The maximum absolute atomic E-state index is 12.4. The number of fused-ring (bicyclic) bond motifs is 1. The van der Waals surface area contributed by atoms with E-state index in [-0.39, 0.29) is 24.1 Å². The summed E-state index contributed by atoms with van der Waals surface area (Å²) in [6.07, 6.45) is 10.9. The smallest absolute Gasteiger partial charge is 0.237 e. The van der Waals surface area contributed by atoms with Crippen molar-refractivity contribution >= 4 is 5.91 Å². The molecule has 114 valence electrons. The number of aliphatic hydroxyl groups excluding tert-OH is 1.